The Morgan fingerprint density at radius 3 is 2.31 bits per heavy atom. The first-order valence-electron chi connectivity index (χ1n) is 8.63. The van der Waals surface area contributed by atoms with Crippen LogP contribution in [0.2, 0.25) is 0 Å². The van der Waals surface area contributed by atoms with E-state index in [1.807, 2.05) is 13.8 Å². The first-order valence-corrected chi connectivity index (χ1v) is 8.63. The highest BCUT2D eigenvalue weighted by Gasteiger charge is 2.16. The Bertz CT molecular complexity index is 894. The number of carbonyl (C=O) groups is 2. The maximum Gasteiger partial charge on any atom is 0.328 e. The molecule has 26 heavy (non-hydrogen) atoms. The summed E-state index contributed by atoms with van der Waals surface area (Å²) in [6.45, 7) is 4.28. The third-order valence-corrected chi connectivity index (χ3v) is 3.87. The second-order valence-electron chi connectivity index (χ2n) is 5.92. The van der Waals surface area contributed by atoms with Crippen molar-refractivity contribution in [3.63, 3.8) is 0 Å². The maximum atomic E-state index is 12.3. The molecule has 0 atom stereocenters. The number of H-pyrrole nitrogens is 1. The van der Waals surface area contributed by atoms with Gasteiger partial charge in [0.25, 0.3) is 17.0 Å². The molecule has 1 aromatic carbocycles. The fourth-order valence-electron chi connectivity index (χ4n) is 2.67. The van der Waals surface area contributed by atoms with Crippen LogP contribution in [0, 0.1) is 0 Å². The van der Waals surface area contributed by atoms with Crippen LogP contribution in [0.15, 0.2) is 33.9 Å². The normalized spacial score (nSPS) is 10.7. The van der Waals surface area contributed by atoms with Crippen LogP contribution in [0.25, 0.3) is 10.8 Å². The average molecular weight is 361 g/mol. The zero-order chi connectivity index (χ0) is 19.1. The summed E-state index contributed by atoms with van der Waals surface area (Å²) in [5.41, 5.74) is -0.969. The number of carbonyl (C=O) groups excluding carboxylic acids is 2. The lowest BCUT2D eigenvalue weighted by molar-refractivity contribution is -0.152. The number of nitrogens with one attached hydrogen (secondary N) is 1. The molecule has 0 spiro atoms. The van der Waals surface area contributed by atoms with Crippen molar-refractivity contribution in [3.05, 3.63) is 45.0 Å². The van der Waals surface area contributed by atoms with Crippen molar-refractivity contribution < 1.29 is 14.3 Å². The number of fused-ring (bicyclic) bond motifs is 1. The summed E-state index contributed by atoms with van der Waals surface area (Å²) in [7, 11) is 0. The summed E-state index contributed by atoms with van der Waals surface area (Å²) in [5, 5.41) is 2.83. The van der Waals surface area contributed by atoms with Crippen molar-refractivity contribution in [2.75, 3.05) is 19.7 Å². The molecule has 0 aliphatic heterocycles. The molecule has 1 aromatic heterocycles. The minimum Gasteiger partial charge on any atom is -0.454 e. The number of esters is 1. The molecule has 2 rings (SSSR count). The van der Waals surface area contributed by atoms with Crippen LogP contribution >= 0.6 is 0 Å². The smallest absolute Gasteiger partial charge is 0.328 e. The van der Waals surface area contributed by atoms with Crippen LogP contribution in [-0.4, -0.2) is 46.3 Å². The minimum atomic E-state index is -0.765. The van der Waals surface area contributed by atoms with E-state index in [4.69, 9.17) is 4.74 Å². The third kappa shape index (κ3) is 4.59. The largest absolute Gasteiger partial charge is 0.454 e. The number of rotatable bonds is 8. The SMILES string of the molecule is CCCN(CCC)C(=O)COC(=O)Cn1[nH]c(=O)c2ccccc2c1=O. The van der Waals surface area contributed by atoms with Crippen molar-refractivity contribution in [1.82, 2.24) is 14.7 Å². The lowest BCUT2D eigenvalue weighted by atomic mass is 10.2. The summed E-state index contributed by atoms with van der Waals surface area (Å²) in [6.07, 6.45) is 1.63. The molecule has 2 aromatic rings. The van der Waals surface area contributed by atoms with Crippen molar-refractivity contribution >= 4 is 22.6 Å². The molecule has 0 aliphatic carbocycles. The molecule has 0 saturated heterocycles. The highest BCUT2D eigenvalue weighted by Crippen LogP contribution is 2.02. The van der Waals surface area contributed by atoms with Crippen LogP contribution in [0.1, 0.15) is 26.7 Å². The summed E-state index contributed by atoms with van der Waals surface area (Å²) >= 11 is 0. The summed E-state index contributed by atoms with van der Waals surface area (Å²) in [4.78, 5) is 50.1. The Labute approximate surface area is 150 Å². The zero-order valence-electron chi connectivity index (χ0n) is 15.0. The van der Waals surface area contributed by atoms with E-state index >= 15 is 0 Å². The Morgan fingerprint density at radius 1 is 1.08 bits per heavy atom. The van der Waals surface area contributed by atoms with Crippen molar-refractivity contribution in [1.29, 1.82) is 0 Å². The molecule has 140 valence electrons. The molecular formula is C18H23N3O5. The van der Waals surface area contributed by atoms with Crippen molar-refractivity contribution in [2.45, 2.75) is 33.2 Å². The van der Waals surface area contributed by atoms with Crippen LogP contribution in [0.5, 0.6) is 0 Å². The second kappa shape index (κ2) is 8.98. The van der Waals surface area contributed by atoms with Gasteiger partial charge in [-0.2, -0.15) is 0 Å². The predicted octanol–water partition coefficient (Wildman–Crippen LogP) is 0.882. The molecule has 0 radical (unpaired) electrons. The molecular weight excluding hydrogens is 338 g/mol. The molecule has 1 heterocycles. The number of aromatic amines is 1. The van der Waals surface area contributed by atoms with Gasteiger partial charge in [0.05, 0.1) is 10.8 Å². The van der Waals surface area contributed by atoms with E-state index in [-0.39, 0.29) is 23.3 Å². The Hall–Kier alpha value is -2.90. The quantitative estimate of drug-likeness (QED) is 0.704. The van der Waals surface area contributed by atoms with Gasteiger partial charge < -0.3 is 9.64 Å². The number of aromatic nitrogens is 2. The number of ether oxygens (including phenoxy) is 1. The molecule has 0 unspecified atom stereocenters. The van der Waals surface area contributed by atoms with Gasteiger partial charge in [0.15, 0.2) is 6.61 Å². The van der Waals surface area contributed by atoms with Gasteiger partial charge in [-0.15, -0.1) is 0 Å². The van der Waals surface area contributed by atoms with Crippen molar-refractivity contribution in [3.8, 4) is 0 Å². The highest BCUT2D eigenvalue weighted by molar-refractivity contribution is 5.82. The number of amides is 1. The van der Waals surface area contributed by atoms with Crippen LogP contribution in [0.3, 0.4) is 0 Å². The van der Waals surface area contributed by atoms with Gasteiger partial charge in [-0.3, -0.25) is 24.3 Å². The second-order valence-corrected chi connectivity index (χ2v) is 5.92. The number of nitrogens with zero attached hydrogens (tertiary/aromatic N) is 2. The highest BCUT2D eigenvalue weighted by atomic mass is 16.5. The summed E-state index contributed by atoms with van der Waals surface area (Å²) < 4.78 is 5.87. The summed E-state index contributed by atoms with van der Waals surface area (Å²) in [6, 6.07) is 6.35. The van der Waals surface area contributed by atoms with Gasteiger partial charge >= 0.3 is 5.97 Å². The van der Waals surface area contributed by atoms with Gasteiger partial charge in [-0.1, -0.05) is 26.0 Å². The van der Waals surface area contributed by atoms with Gasteiger partial charge in [0.1, 0.15) is 6.54 Å². The summed E-state index contributed by atoms with van der Waals surface area (Å²) in [5.74, 6) is -1.04. The number of hydrogen-bond donors (Lipinski definition) is 1. The zero-order valence-corrected chi connectivity index (χ0v) is 15.0. The molecule has 0 aliphatic rings. The molecule has 0 bridgehead atoms. The topological polar surface area (TPSA) is 101 Å². The van der Waals surface area contributed by atoms with Gasteiger partial charge in [0, 0.05) is 13.1 Å². The van der Waals surface area contributed by atoms with Gasteiger partial charge in [0.2, 0.25) is 0 Å². The first-order chi connectivity index (χ1) is 12.5. The van der Waals surface area contributed by atoms with Crippen LogP contribution in [-0.2, 0) is 20.9 Å². The number of benzene rings is 1. The lowest BCUT2D eigenvalue weighted by Gasteiger charge is -2.21. The average Bonchev–Trinajstić information content (AvgIpc) is 2.64. The van der Waals surface area contributed by atoms with Gasteiger partial charge in [-0.05, 0) is 25.0 Å². The molecule has 0 saturated carbocycles. The van der Waals surface area contributed by atoms with E-state index in [0.717, 1.165) is 17.5 Å². The van der Waals surface area contributed by atoms with E-state index in [0.29, 0.717) is 13.1 Å². The molecule has 8 nitrogen and oxygen atoms in total. The van der Waals surface area contributed by atoms with E-state index in [1.165, 1.54) is 12.1 Å². The van der Waals surface area contributed by atoms with Crippen molar-refractivity contribution in [2.24, 2.45) is 0 Å². The Balaban J connectivity index is 2.05. The van der Waals surface area contributed by atoms with Gasteiger partial charge in [-0.25, -0.2) is 4.68 Å². The Kier molecular flexibility index (Phi) is 6.71. The monoisotopic (exact) mass is 361 g/mol. The molecule has 0 fully saturated rings. The fourth-order valence-corrected chi connectivity index (χ4v) is 2.67. The maximum absolute atomic E-state index is 12.3. The van der Waals surface area contributed by atoms with Crippen LogP contribution in [0.4, 0.5) is 0 Å². The van der Waals surface area contributed by atoms with Crippen LogP contribution < -0.4 is 11.1 Å². The van der Waals surface area contributed by atoms with E-state index < -0.39 is 23.6 Å². The predicted molar refractivity (Wildman–Crippen MR) is 96.9 cm³/mol. The third-order valence-electron chi connectivity index (χ3n) is 3.87. The lowest BCUT2D eigenvalue weighted by Crippen LogP contribution is -2.37. The van der Waals surface area contributed by atoms with E-state index in [9.17, 15) is 19.2 Å². The van der Waals surface area contributed by atoms with E-state index in [1.54, 1.807) is 17.0 Å². The molecule has 1 amide bonds. The first kappa shape index (κ1) is 19.4. The standard InChI is InChI=1S/C18H23N3O5/c1-3-9-20(10-4-2)15(22)12-26-16(23)11-21-18(25)14-8-6-5-7-13(14)17(24)19-21/h5-8H,3-4,9-12H2,1-2H3,(H,19,24). The fraction of sp³-hybridized carbons (Fsp3) is 0.444. The van der Waals surface area contributed by atoms with E-state index in [2.05, 4.69) is 5.10 Å². The Morgan fingerprint density at radius 2 is 1.69 bits per heavy atom. The minimum absolute atomic E-state index is 0.220. The molecule has 1 N–H and O–H groups in total. The number of hydrogen-bond acceptors (Lipinski definition) is 5. The molecule has 8 heteroatoms.